The molecule has 2 N–H and O–H groups in total. The highest BCUT2D eigenvalue weighted by atomic mass is 32.2. The van der Waals surface area contributed by atoms with E-state index in [9.17, 15) is 5.26 Å². The van der Waals surface area contributed by atoms with E-state index < -0.39 is 0 Å². The van der Waals surface area contributed by atoms with Gasteiger partial charge in [0.2, 0.25) is 5.95 Å². The van der Waals surface area contributed by atoms with Crippen molar-refractivity contribution >= 4 is 39.9 Å². The third kappa shape index (κ3) is 3.49. The van der Waals surface area contributed by atoms with Crippen LogP contribution in [0.3, 0.4) is 0 Å². The molecule has 0 spiro atoms. The van der Waals surface area contributed by atoms with E-state index in [1.165, 1.54) is 10.9 Å². The van der Waals surface area contributed by atoms with Crippen molar-refractivity contribution in [2.75, 3.05) is 17.2 Å². The van der Waals surface area contributed by atoms with Crippen LogP contribution in [0, 0.1) is 11.3 Å². The predicted octanol–water partition coefficient (Wildman–Crippen LogP) is 4.95. The van der Waals surface area contributed by atoms with Crippen LogP contribution in [0.5, 0.6) is 0 Å². The van der Waals surface area contributed by atoms with Crippen molar-refractivity contribution in [3.63, 3.8) is 0 Å². The topological polar surface area (TPSA) is 78.6 Å². The van der Waals surface area contributed by atoms with E-state index in [4.69, 9.17) is 0 Å². The van der Waals surface area contributed by atoms with Gasteiger partial charge in [-0.15, -0.1) is 0 Å². The molecular weight excluding hydrogens is 392 g/mol. The third-order valence-corrected chi connectivity index (χ3v) is 6.00. The first-order valence-corrected chi connectivity index (χ1v) is 10.4. The van der Waals surface area contributed by atoms with Gasteiger partial charge in [0.15, 0.2) is 0 Å². The Kier molecular flexibility index (Phi) is 4.83. The number of rotatable bonds is 5. The van der Waals surface area contributed by atoms with Gasteiger partial charge in [0.05, 0.1) is 16.4 Å². The van der Waals surface area contributed by atoms with Crippen molar-refractivity contribution in [3.8, 4) is 6.07 Å². The Bertz CT molecular complexity index is 1270. The molecule has 2 aromatic heterocycles. The molecular formula is C23H18N6S. The number of benzene rings is 2. The molecule has 0 saturated heterocycles. The molecule has 0 unspecified atom stereocenters. The molecule has 0 atom stereocenters. The van der Waals surface area contributed by atoms with Crippen LogP contribution in [-0.2, 0) is 6.54 Å². The normalized spacial score (nSPS) is 14.1. The Hall–Kier alpha value is -3.76. The number of thioether (sulfide) groups is 1. The standard InChI is InChI=1S/C23H18N6S/c24-15-17(22-27-19-6-2-4-8-21(19)30-22)18-9-11-25-23(28-18)26-12-14-29-13-10-16-5-1-3-7-20(16)29/h1-11,13,27H,12,14H2,(H,25,26,28)/b22-17+. The lowest BCUT2D eigenvalue weighted by atomic mass is 10.2. The van der Waals surface area contributed by atoms with E-state index in [2.05, 4.69) is 55.6 Å². The number of aromatic nitrogens is 3. The van der Waals surface area contributed by atoms with E-state index in [1.807, 2.05) is 36.4 Å². The zero-order valence-electron chi connectivity index (χ0n) is 16.0. The highest BCUT2D eigenvalue weighted by molar-refractivity contribution is 8.04. The lowest BCUT2D eigenvalue weighted by Crippen LogP contribution is -2.12. The molecule has 1 aliphatic heterocycles. The van der Waals surface area contributed by atoms with E-state index in [0.29, 0.717) is 23.8 Å². The number of allylic oxidation sites excluding steroid dienone is 1. The average molecular weight is 411 g/mol. The number of para-hydroxylation sites is 2. The van der Waals surface area contributed by atoms with Crippen molar-refractivity contribution in [2.24, 2.45) is 0 Å². The number of fused-ring (bicyclic) bond motifs is 2. The van der Waals surface area contributed by atoms with Crippen molar-refractivity contribution in [1.82, 2.24) is 14.5 Å². The van der Waals surface area contributed by atoms with Gasteiger partial charge in [0, 0.05) is 35.9 Å². The molecule has 1 aliphatic rings. The molecule has 0 saturated carbocycles. The molecule has 7 heteroatoms. The third-order valence-electron chi connectivity index (χ3n) is 4.91. The van der Waals surface area contributed by atoms with Crippen LogP contribution in [0.15, 0.2) is 83.0 Å². The number of nitrogens with one attached hydrogen (secondary N) is 2. The Balaban J connectivity index is 1.32. The van der Waals surface area contributed by atoms with Crippen molar-refractivity contribution in [2.45, 2.75) is 11.4 Å². The number of hydrogen-bond acceptors (Lipinski definition) is 6. The van der Waals surface area contributed by atoms with Gasteiger partial charge in [-0.25, -0.2) is 9.97 Å². The highest BCUT2D eigenvalue weighted by Gasteiger charge is 2.20. The second kappa shape index (κ2) is 7.93. The van der Waals surface area contributed by atoms with E-state index in [0.717, 1.165) is 22.2 Å². The first-order chi connectivity index (χ1) is 14.8. The van der Waals surface area contributed by atoms with E-state index >= 15 is 0 Å². The summed E-state index contributed by atoms with van der Waals surface area (Å²) in [6.45, 7) is 1.47. The first kappa shape index (κ1) is 18.3. The van der Waals surface area contributed by atoms with Crippen LogP contribution >= 0.6 is 11.8 Å². The summed E-state index contributed by atoms with van der Waals surface area (Å²) in [4.78, 5) is 9.98. The van der Waals surface area contributed by atoms with Gasteiger partial charge in [-0.2, -0.15) is 5.26 Å². The van der Waals surface area contributed by atoms with Crippen LogP contribution in [0.2, 0.25) is 0 Å². The molecule has 2 aromatic carbocycles. The summed E-state index contributed by atoms with van der Waals surface area (Å²) < 4.78 is 2.20. The molecule has 30 heavy (non-hydrogen) atoms. The molecule has 0 bridgehead atoms. The van der Waals surface area contributed by atoms with Crippen LogP contribution in [0.1, 0.15) is 5.69 Å². The fourth-order valence-corrected chi connectivity index (χ4v) is 4.47. The minimum absolute atomic E-state index is 0.512. The molecule has 3 heterocycles. The fraction of sp³-hybridized carbons (Fsp3) is 0.0870. The van der Waals surface area contributed by atoms with Gasteiger partial charge in [0.1, 0.15) is 11.6 Å². The summed E-state index contributed by atoms with van der Waals surface area (Å²) >= 11 is 1.55. The predicted molar refractivity (Wildman–Crippen MR) is 121 cm³/mol. The summed E-state index contributed by atoms with van der Waals surface area (Å²) in [6.07, 6.45) is 3.77. The SMILES string of the molecule is N#C/C(=C1/Nc2ccccc2S1)c1ccnc(NCCn2ccc3ccccc32)n1. The second-order valence-corrected chi connectivity index (χ2v) is 7.85. The van der Waals surface area contributed by atoms with Gasteiger partial charge in [-0.1, -0.05) is 42.1 Å². The Morgan fingerprint density at radius 2 is 1.97 bits per heavy atom. The lowest BCUT2D eigenvalue weighted by molar-refractivity contribution is 0.752. The number of anilines is 2. The van der Waals surface area contributed by atoms with Gasteiger partial charge < -0.3 is 15.2 Å². The van der Waals surface area contributed by atoms with Crippen molar-refractivity contribution in [1.29, 1.82) is 5.26 Å². The quantitative estimate of drug-likeness (QED) is 0.453. The lowest BCUT2D eigenvalue weighted by Gasteiger charge is -2.09. The maximum atomic E-state index is 9.77. The molecule has 4 aromatic rings. The summed E-state index contributed by atoms with van der Waals surface area (Å²) in [5, 5.41) is 18.4. The maximum Gasteiger partial charge on any atom is 0.223 e. The van der Waals surface area contributed by atoms with Crippen molar-refractivity contribution < 1.29 is 0 Å². The summed E-state index contributed by atoms with van der Waals surface area (Å²) in [7, 11) is 0. The monoisotopic (exact) mass is 410 g/mol. The van der Waals surface area contributed by atoms with Crippen LogP contribution in [-0.4, -0.2) is 21.1 Å². The Morgan fingerprint density at radius 1 is 1.10 bits per heavy atom. The Morgan fingerprint density at radius 3 is 2.87 bits per heavy atom. The molecule has 0 radical (unpaired) electrons. The molecule has 146 valence electrons. The average Bonchev–Trinajstić information content (AvgIpc) is 3.39. The minimum Gasteiger partial charge on any atom is -0.352 e. The molecule has 0 amide bonds. The molecule has 5 rings (SSSR count). The van der Waals surface area contributed by atoms with Gasteiger partial charge >= 0.3 is 0 Å². The van der Waals surface area contributed by atoms with Gasteiger partial charge in [-0.3, -0.25) is 0 Å². The minimum atomic E-state index is 0.512. The largest absolute Gasteiger partial charge is 0.352 e. The summed E-state index contributed by atoms with van der Waals surface area (Å²) in [6, 6.07) is 22.5. The maximum absolute atomic E-state index is 9.77. The van der Waals surface area contributed by atoms with E-state index in [-0.39, 0.29) is 0 Å². The van der Waals surface area contributed by atoms with Gasteiger partial charge in [0.25, 0.3) is 0 Å². The summed E-state index contributed by atoms with van der Waals surface area (Å²) in [5.41, 5.74) is 3.33. The number of hydrogen-bond donors (Lipinski definition) is 2. The highest BCUT2D eigenvalue weighted by Crippen LogP contribution is 2.43. The first-order valence-electron chi connectivity index (χ1n) is 9.61. The van der Waals surface area contributed by atoms with E-state index in [1.54, 1.807) is 24.0 Å². The molecule has 0 aliphatic carbocycles. The zero-order chi connectivity index (χ0) is 20.3. The van der Waals surface area contributed by atoms with Gasteiger partial charge in [-0.05, 0) is 35.7 Å². The second-order valence-electron chi connectivity index (χ2n) is 6.80. The Labute approximate surface area is 178 Å². The summed E-state index contributed by atoms with van der Waals surface area (Å²) in [5.74, 6) is 0.512. The van der Waals surface area contributed by atoms with Crippen molar-refractivity contribution in [3.05, 3.63) is 83.8 Å². The van der Waals surface area contributed by atoms with Crippen LogP contribution in [0.25, 0.3) is 16.5 Å². The molecule has 6 nitrogen and oxygen atoms in total. The molecule has 0 fully saturated rings. The number of nitriles is 1. The van der Waals surface area contributed by atoms with Crippen LogP contribution < -0.4 is 10.6 Å². The zero-order valence-corrected chi connectivity index (χ0v) is 16.9. The fourth-order valence-electron chi connectivity index (χ4n) is 3.46. The smallest absolute Gasteiger partial charge is 0.223 e. The number of nitrogens with zero attached hydrogens (tertiary/aromatic N) is 4. The van der Waals surface area contributed by atoms with Crippen LogP contribution in [0.4, 0.5) is 11.6 Å².